The number of rotatable bonds is 5. The quantitative estimate of drug-likeness (QED) is 0.591. The number of aliphatic carboxylic acids is 1. The minimum Gasteiger partial charge on any atom is -0.481 e. The zero-order valence-electron chi connectivity index (χ0n) is 9.51. The zero-order chi connectivity index (χ0) is 12.8. The predicted octanol–water partition coefficient (Wildman–Crippen LogP) is -0.307. The maximum absolute atomic E-state index is 11.4. The SMILES string of the molecule is CS(=O)CCNC(=O)NC1C=CC(C(=O)O)C1. The van der Waals surface area contributed by atoms with Crippen molar-refractivity contribution >= 4 is 22.8 Å². The maximum Gasteiger partial charge on any atom is 0.315 e. The van der Waals surface area contributed by atoms with E-state index in [1.807, 2.05) is 0 Å². The first-order valence-corrected chi connectivity index (χ1v) is 6.97. The number of carbonyl (C=O) groups is 2. The lowest BCUT2D eigenvalue weighted by Gasteiger charge is -2.12. The predicted molar refractivity (Wildman–Crippen MR) is 64.1 cm³/mol. The molecular formula is C10H16N2O4S. The highest BCUT2D eigenvalue weighted by atomic mass is 32.2. The molecule has 6 nitrogen and oxygen atoms in total. The molecule has 0 radical (unpaired) electrons. The van der Waals surface area contributed by atoms with Gasteiger partial charge >= 0.3 is 12.0 Å². The second-order valence-electron chi connectivity index (χ2n) is 3.85. The molecule has 0 saturated heterocycles. The average Bonchev–Trinajstić information content (AvgIpc) is 2.65. The van der Waals surface area contributed by atoms with Crippen molar-refractivity contribution < 1.29 is 18.9 Å². The number of carboxylic acids is 1. The molecule has 0 spiro atoms. The van der Waals surface area contributed by atoms with Gasteiger partial charge in [-0.1, -0.05) is 12.2 Å². The molecule has 1 aliphatic rings. The summed E-state index contributed by atoms with van der Waals surface area (Å²) in [5.74, 6) is -0.998. The Bertz CT molecular complexity index is 356. The first-order chi connectivity index (χ1) is 7.99. The van der Waals surface area contributed by atoms with E-state index in [-0.39, 0.29) is 12.1 Å². The summed E-state index contributed by atoms with van der Waals surface area (Å²) in [6, 6.07) is -0.612. The smallest absolute Gasteiger partial charge is 0.315 e. The normalized spacial score (nSPS) is 24.3. The monoisotopic (exact) mass is 260 g/mol. The summed E-state index contributed by atoms with van der Waals surface area (Å²) in [4.78, 5) is 22.0. The van der Waals surface area contributed by atoms with Crippen LogP contribution in [0.15, 0.2) is 12.2 Å². The fraction of sp³-hybridized carbons (Fsp3) is 0.600. The van der Waals surface area contributed by atoms with Crippen molar-refractivity contribution in [3.8, 4) is 0 Å². The van der Waals surface area contributed by atoms with Gasteiger partial charge in [-0.2, -0.15) is 0 Å². The van der Waals surface area contributed by atoms with Crippen LogP contribution in [-0.2, 0) is 15.6 Å². The highest BCUT2D eigenvalue weighted by molar-refractivity contribution is 7.84. The van der Waals surface area contributed by atoms with Gasteiger partial charge in [-0.3, -0.25) is 9.00 Å². The Kier molecular flexibility index (Phi) is 5.14. The minimum absolute atomic E-state index is 0.247. The molecule has 0 aliphatic heterocycles. The number of carbonyl (C=O) groups excluding carboxylic acids is 1. The van der Waals surface area contributed by atoms with Gasteiger partial charge in [0.2, 0.25) is 0 Å². The standard InChI is InChI=1S/C10H16N2O4S/c1-17(16)5-4-11-10(15)12-8-3-2-7(6-8)9(13)14/h2-3,7-8H,4-6H2,1H3,(H,13,14)(H2,11,12,15). The lowest BCUT2D eigenvalue weighted by atomic mass is 10.1. The summed E-state index contributed by atoms with van der Waals surface area (Å²) in [7, 11) is -0.932. The van der Waals surface area contributed by atoms with Gasteiger partial charge in [-0.05, 0) is 6.42 Å². The van der Waals surface area contributed by atoms with Crippen LogP contribution >= 0.6 is 0 Å². The molecule has 0 saturated carbocycles. The third kappa shape index (κ3) is 4.99. The fourth-order valence-electron chi connectivity index (χ4n) is 1.52. The van der Waals surface area contributed by atoms with E-state index in [1.54, 1.807) is 18.4 Å². The summed E-state index contributed by atoms with van der Waals surface area (Å²) in [5, 5.41) is 14.0. The van der Waals surface area contributed by atoms with Crippen LogP contribution in [-0.4, -0.2) is 45.9 Å². The van der Waals surface area contributed by atoms with Crippen LogP contribution in [0.4, 0.5) is 4.79 Å². The van der Waals surface area contributed by atoms with Crippen LogP contribution in [0.1, 0.15) is 6.42 Å². The number of amides is 2. The van der Waals surface area contributed by atoms with Crippen LogP contribution in [0.3, 0.4) is 0 Å². The molecule has 0 aromatic carbocycles. The Morgan fingerprint density at radius 1 is 1.47 bits per heavy atom. The second kappa shape index (κ2) is 6.39. The summed E-state index contributed by atoms with van der Waals surface area (Å²) in [6.45, 7) is 0.341. The van der Waals surface area contributed by atoms with Gasteiger partial charge in [-0.25, -0.2) is 4.79 Å². The third-order valence-electron chi connectivity index (χ3n) is 2.39. The first-order valence-electron chi connectivity index (χ1n) is 5.24. The van der Waals surface area contributed by atoms with E-state index in [0.717, 1.165) is 0 Å². The summed E-state index contributed by atoms with van der Waals surface area (Å²) in [5.41, 5.74) is 0. The van der Waals surface area contributed by atoms with Crippen molar-refractivity contribution in [1.29, 1.82) is 0 Å². The van der Waals surface area contributed by atoms with E-state index in [4.69, 9.17) is 5.11 Å². The van der Waals surface area contributed by atoms with Gasteiger partial charge in [0.1, 0.15) is 0 Å². The largest absolute Gasteiger partial charge is 0.481 e. The van der Waals surface area contributed by atoms with Crippen molar-refractivity contribution in [3.05, 3.63) is 12.2 Å². The van der Waals surface area contributed by atoms with Crippen molar-refractivity contribution in [2.45, 2.75) is 12.5 Å². The van der Waals surface area contributed by atoms with Crippen molar-refractivity contribution in [2.24, 2.45) is 5.92 Å². The molecule has 3 atom stereocenters. The Balaban J connectivity index is 2.22. The van der Waals surface area contributed by atoms with Gasteiger partial charge in [0.05, 0.1) is 12.0 Å². The minimum atomic E-state index is -0.932. The van der Waals surface area contributed by atoms with Crippen LogP contribution in [0.25, 0.3) is 0 Å². The summed E-state index contributed by atoms with van der Waals surface area (Å²) >= 11 is 0. The molecule has 7 heteroatoms. The Morgan fingerprint density at radius 3 is 2.71 bits per heavy atom. The summed E-state index contributed by atoms with van der Waals surface area (Å²) in [6.07, 6.45) is 5.20. The molecule has 1 rings (SSSR count). The average molecular weight is 260 g/mol. The first kappa shape index (κ1) is 13.7. The molecule has 0 aromatic rings. The Labute approximate surface area is 102 Å². The molecule has 3 unspecified atom stereocenters. The molecule has 0 heterocycles. The Morgan fingerprint density at radius 2 is 2.18 bits per heavy atom. The van der Waals surface area contributed by atoms with E-state index < -0.39 is 22.7 Å². The molecule has 17 heavy (non-hydrogen) atoms. The number of nitrogens with one attached hydrogen (secondary N) is 2. The van der Waals surface area contributed by atoms with Crippen molar-refractivity contribution in [2.75, 3.05) is 18.6 Å². The van der Waals surface area contributed by atoms with E-state index in [2.05, 4.69) is 10.6 Å². The molecule has 2 amide bonds. The van der Waals surface area contributed by atoms with E-state index in [9.17, 15) is 13.8 Å². The molecule has 3 N–H and O–H groups in total. The molecule has 0 bridgehead atoms. The maximum atomic E-state index is 11.4. The number of hydrogen-bond acceptors (Lipinski definition) is 3. The van der Waals surface area contributed by atoms with Crippen LogP contribution < -0.4 is 10.6 Å². The van der Waals surface area contributed by atoms with Gasteiger partial charge in [0, 0.05) is 29.4 Å². The van der Waals surface area contributed by atoms with E-state index in [1.165, 1.54) is 0 Å². The molecule has 96 valence electrons. The fourth-order valence-corrected chi connectivity index (χ4v) is 1.91. The lowest BCUT2D eigenvalue weighted by Crippen LogP contribution is -2.42. The van der Waals surface area contributed by atoms with Crippen LogP contribution in [0.5, 0.6) is 0 Å². The van der Waals surface area contributed by atoms with Crippen LogP contribution in [0.2, 0.25) is 0 Å². The highest BCUT2D eigenvalue weighted by Gasteiger charge is 2.25. The van der Waals surface area contributed by atoms with Gasteiger partial charge in [0.25, 0.3) is 0 Å². The Hall–Kier alpha value is -1.37. The number of hydrogen-bond donors (Lipinski definition) is 3. The lowest BCUT2D eigenvalue weighted by molar-refractivity contribution is -0.140. The van der Waals surface area contributed by atoms with Crippen LogP contribution in [0, 0.1) is 5.92 Å². The third-order valence-corrected chi connectivity index (χ3v) is 3.17. The second-order valence-corrected chi connectivity index (χ2v) is 5.40. The highest BCUT2D eigenvalue weighted by Crippen LogP contribution is 2.17. The van der Waals surface area contributed by atoms with E-state index >= 15 is 0 Å². The van der Waals surface area contributed by atoms with Crippen molar-refractivity contribution in [3.63, 3.8) is 0 Å². The van der Waals surface area contributed by atoms with Crippen molar-refractivity contribution in [1.82, 2.24) is 10.6 Å². The van der Waals surface area contributed by atoms with E-state index in [0.29, 0.717) is 18.7 Å². The zero-order valence-corrected chi connectivity index (χ0v) is 10.3. The molecular weight excluding hydrogens is 244 g/mol. The molecule has 1 aliphatic carbocycles. The molecule has 0 aromatic heterocycles. The van der Waals surface area contributed by atoms with Gasteiger partial charge in [-0.15, -0.1) is 0 Å². The van der Waals surface area contributed by atoms with Gasteiger partial charge in [0.15, 0.2) is 0 Å². The topological polar surface area (TPSA) is 95.5 Å². The molecule has 0 fully saturated rings. The number of urea groups is 1. The summed E-state index contributed by atoms with van der Waals surface area (Å²) < 4.78 is 10.8. The number of carboxylic acid groups (broad SMARTS) is 1. The van der Waals surface area contributed by atoms with Gasteiger partial charge < -0.3 is 15.7 Å².